The number of fused-ring (bicyclic) bond motifs is 1. The van der Waals surface area contributed by atoms with E-state index < -0.39 is 0 Å². The molecule has 1 aliphatic heterocycles. The molecule has 2 atom stereocenters. The first-order valence-electron chi connectivity index (χ1n) is 17.5. The zero-order chi connectivity index (χ0) is 31.1. The van der Waals surface area contributed by atoms with Crippen LogP contribution < -0.4 is 9.47 Å². The van der Waals surface area contributed by atoms with Gasteiger partial charge in [0.05, 0.1) is 23.5 Å². The van der Waals surface area contributed by atoms with Crippen LogP contribution in [0.15, 0.2) is 6.07 Å². The van der Waals surface area contributed by atoms with Crippen molar-refractivity contribution in [2.24, 2.45) is 17.3 Å². The topological polar surface area (TPSA) is 36.9 Å². The van der Waals surface area contributed by atoms with Crippen molar-refractivity contribution < 1.29 is 18.9 Å². The van der Waals surface area contributed by atoms with Crippen LogP contribution in [0.5, 0.6) is 11.5 Å². The molecule has 3 rings (SSSR count). The maximum atomic E-state index is 6.76. The molecule has 0 N–H and O–H groups in total. The maximum absolute atomic E-state index is 6.76. The highest BCUT2D eigenvalue weighted by Gasteiger charge is 2.39. The molecular weight excluding hydrogens is 573 g/mol. The molecule has 0 radical (unpaired) electrons. The summed E-state index contributed by atoms with van der Waals surface area (Å²) in [6, 6.07) is 2.41. The molecule has 2 unspecified atom stereocenters. The highest BCUT2D eigenvalue weighted by atomic mass is 32.1. The van der Waals surface area contributed by atoms with E-state index in [4.69, 9.17) is 18.9 Å². The summed E-state index contributed by atoms with van der Waals surface area (Å²) in [5, 5.41) is 0. The van der Waals surface area contributed by atoms with Gasteiger partial charge in [-0.15, -0.1) is 22.7 Å². The summed E-state index contributed by atoms with van der Waals surface area (Å²) >= 11 is 3.71. The molecule has 43 heavy (non-hydrogen) atoms. The minimum Gasteiger partial charge on any atom is -0.488 e. The van der Waals surface area contributed by atoms with Gasteiger partial charge in [0.1, 0.15) is 13.2 Å². The quantitative estimate of drug-likeness (QED) is 0.121. The number of ether oxygens (including phenoxy) is 4. The summed E-state index contributed by atoms with van der Waals surface area (Å²) in [6.45, 7) is 19.7. The Morgan fingerprint density at radius 2 is 1.30 bits per heavy atom. The fraction of sp³-hybridized carbons (Fsp3) is 0.784. The summed E-state index contributed by atoms with van der Waals surface area (Å²) in [7, 11) is 0. The maximum Gasteiger partial charge on any atom is 0.180 e. The van der Waals surface area contributed by atoms with Crippen LogP contribution in [0.25, 0.3) is 9.75 Å². The SMILES string of the molecule is CCCCCCc1cc(-c2sc(C)c3c2OCC(COCC(CC)CCCC)(COCC(CC)CCCC)CO3)sc1C. The predicted octanol–water partition coefficient (Wildman–Crippen LogP) is 11.4. The number of hydrogen-bond acceptors (Lipinski definition) is 6. The first kappa shape index (κ1) is 36.4. The van der Waals surface area contributed by atoms with Crippen molar-refractivity contribution in [2.45, 2.75) is 132 Å². The summed E-state index contributed by atoms with van der Waals surface area (Å²) < 4.78 is 26.4. The molecule has 6 heteroatoms. The highest BCUT2D eigenvalue weighted by molar-refractivity contribution is 7.22. The Balaban J connectivity index is 1.75. The van der Waals surface area contributed by atoms with Gasteiger partial charge < -0.3 is 18.9 Å². The zero-order valence-electron chi connectivity index (χ0n) is 28.6. The molecule has 246 valence electrons. The van der Waals surface area contributed by atoms with Crippen LogP contribution in [0.2, 0.25) is 0 Å². The van der Waals surface area contributed by atoms with E-state index in [2.05, 4.69) is 54.5 Å². The second-order valence-electron chi connectivity index (χ2n) is 13.1. The van der Waals surface area contributed by atoms with Crippen LogP contribution in [0, 0.1) is 31.1 Å². The molecule has 0 saturated heterocycles. The lowest BCUT2D eigenvalue weighted by Gasteiger charge is -2.32. The van der Waals surface area contributed by atoms with Gasteiger partial charge in [-0.3, -0.25) is 0 Å². The van der Waals surface area contributed by atoms with Crippen molar-refractivity contribution in [1.29, 1.82) is 0 Å². The molecule has 2 aromatic heterocycles. The Morgan fingerprint density at radius 3 is 1.86 bits per heavy atom. The van der Waals surface area contributed by atoms with Crippen LogP contribution >= 0.6 is 22.7 Å². The second-order valence-corrected chi connectivity index (χ2v) is 15.6. The molecule has 2 aromatic rings. The van der Waals surface area contributed by atoms with E-state index in [9.17, 15) is 0 Å². The third kappa shape index (κ3) is 11.0. The lowest BCUT2D eigenvalue weighted by atomic mass is 9.91. The highest BCUT2D eigenvalue weighted by Crippen LogP contribution is 2.51. The van der Waals surface area contributed by atoms with E-state index in [0.29, 0.717) is 38.3 Å². The van der Waals surface area contributed by atoms with E-state index in [1.807, 2.05) is 22.7 Å². The minimum absolute atomic E-state index is 0.331. The van der Waals surface area contributed by atoms with Gasteiger partial charge in [0.15, 0.2) is 11.5 Å². The van der Waals surface area contributed by atoms with Crippen molar-refractivity contribution in [2.75, 3.05) is 39.6 Å². The molecule has 1 aliphatic rings. The van der Waals surface area contributed by atoms with Crippen LogP contribution in [-0.2, 0) is 15.9 Å². The molecule has 0 saturated carbocycles. The van der Waals surface area contributed by atoms with Crippen molar-refractivity contribution in [3.05, 3.63) is 21.4 Å². The summed E-state index contributed by atoms with van der Waals surface area (Å²) in [4.78, 5) is 5.15. The van der Waals surface area contributed by atoms with Crippen molar-refractivity contribution in [3.63, 3.8) is 0 Å². The molecule has 0 aromatic carbocycles. The first-order valence-corrected chi connectivity index (χ1v) is 19.2. The van der Waals surface area contributed by atoms with Gasteiger partial charge in [0, 0.05) is 27.8 Å². The van der Waals surface area contributed by atoms with E-state index in [-0.39, 0.29) is 5.41 Å². The van der Waals surface area contributed by atoms with Gasteiger partial charge in [-0.1, -0.05) is 92.4 Å². The van der Waals surface area contributed by atoms with E-state index >= 15 is 0 Å². The molecule has 0 amide bonds. The van der Waals surface area contributed by atoms with Crippen LogP contribution in [-0.4, -0.2) is 39.6 Å². The Labute approximate surface area is 272 Å². The third-order valence-electron chi connectivity index (χ3n) is 9.19. The van der Waals surface area contributed by atoms with E-state index in [1.165, 1.54) is 89.3 Å². The summed E-state index contributed by atoms with van der Waals surface area (Å²) in [6.07, 6.45) is 16.1. The Kier molecular flexibility index (Phi) is 16.4. The second kappa shape index (κ2) is 19.4. The lowest BCUT2D eigenvalue weighted by molar-refractivity contribution is -0.0715. The summed E-state index contributed by atoms with van der Waals surface area (Å²) in [5.74, 6) is 3.06. The molecule has 0 aliphatic carbocycles. The van der Waals surface area contributed by atoms with Gasteiger partial charge in [-0.2, -0.15) is 0 Å². The Morgan fingerprint density at radius 1 is 0.721 bits per heavy atom. The normalized spacial score (nSPS) is 18.1. The summed E-state index contributed by atoms with van der Waals surface area (Å²) in [5.41, 5.74) is 1.16. The first-order chi connectivity index (χ1) is 20.9. The average molecular weight is 635 g/mol. The van der Waals surface area contributed by atoms with E-state index in [1.54, 1.807) is 0 Å². The largest absolute Gasteiger partial charge is 0.488 e. The van der Waals surface area contributed by atoms with Gasteiger partial charge in [-0.25, -0.2) is 0 Å². The number of thiophene rings is 2. The van der Waals surface area contributed by atoms with Gasteiger partial charge in [-0.05, 0) is 63.0 Å². The fourth-order valence-corrected chi connectivity index (χ4v) is 8.19. The molecule has 0 spiro atoms. The standard InChI is InChI=1S/C37H62O4S2/c1-8-13-16-17-20-32-21-33(42-28(32)6)36-35-34(29(7)43-36)40-26-37(27-41-35,24-38-22-30(11-4)18-14-9-2)25-39-23-31(12-5)19-15-10-3/h21,30-31H,8-20,22-27H2,1-7H3. The van der Waals surface area contributed by atoms with Crippen molar-refractivity contribution in [3.8, 4) is 21.3 Å². The number of hydrogen-bond donors (Lipinski definition) is 0. The van der Waals surface area contributed by atoms with Crippen LogP contribution in [0.4, 0.5) is 0 Å². The Bertz CT molecular complexity index is 1020. The predicted molar refractivity (Wildman–Crippen MR) is 187 cm³/mol. The smallest absolute Gasteiger partial charge is 0.180 e. The van der Waals surface area contributed by atoms with Crippen molar-refractivity contribution in [1.82, 2.24) is 0 Å². The minimum atomic E-state index is -0.331. The molecule has 0 fully saturated rings. The third-order valence-corrected chi connectivity index (χ3v) is 11.5. The molecular formula is C37H62O4S2. The van der Waals surface area contributed by atoms with Crippen LogP contribution in [0.1, 0.15) is 127 Å². The monoisotopic (exact) mass is 634 g/mol. The fourth-order valence-electron chi connectivity index (χ4n) is 5.97. The number of aryl methyl sites for hydroxylation is 3. The van der Waals surface area contributed by atoms with Crippen molar-refractivity contribution >= 4 is 22.7 Å². The molecule has 4 nitrogen and oxygen atoms in total. The average Bonchev–Trinajstić information content (AvgIpc) is 3.47. The van der Waals surface area contributed by atoms with Gasteiger partial charge in [0.25, 0.3) is 0 Å². The van der Waals surface area contributed by atoms with Gasteiger partial charge in [0.2, 0.25) is 0 Å². The number of unbranched alkanes of at least 4 members (excludes halogenated alkanes) is 5. The molecule has 3 heterocycles. The lowest BCUT2D eigenvalue weighted by Crippen LogP contribution is -2.43. The van der Waals surface area contributed by atoms with Crippen LogP contribution in [0.3, 0.4) is 0 Å². The van der Waals surface area contributed by atoms with E-state index in [0.717, 1.165) is 44.0 Å². The van der Waals surface area contributed by atoms with Gasteiger partial charge >= 0.3 is 0 Å². The molecule has 0 bridgehead atoms. The zero-order valence-corrected chi connectivity index (χ0v) is 30.2. The number of rotatable bonds is 22. The Hall–Kier alpha value is -1.08.